The second-order valence-corrected chi connectivity index (χ2v) is 6.63. The first-order valence-corrected chi connectivity index (χ1v) is 8.91. The van der Waals surface area contributed by atoms with Crippen LogP contribution in [0.15, 0.2) is 59.5 Å². The van der Waals surface area contributed by atoms with Crippen LogP contribution in [0.25, 0.3) is 5.69 Å². The zero-order valence-corrected chi connectivity index (χ0v) is 15.0. The number of aryl methyl sites for hydroxylation is 1. The Morgan fingerprint density at radius 1 is 1.07 bits per heavy atom. The Hall–Kier alpha value is -2.81. The molecular weight excluding hydrogens is 377 g/mol. The molecule has 3 rings (SSSR count). The van der Waals surface area contributed by atoms with Crippen molar-refractivity contribution in [1.29, 1.82) is 0 Å². The van der Waals surface area contributed by atoms with Gasteiger partial charge in [-0.3, -0.25) is 4.79 Å². The van der Waals surface area contributed by atoms with E-state index in [1.807, 2.05) is 18.2 Å². The van der Waals surface area contributed by atoms with Gasteiger partial charge in [-0.05, 0) is 31.2 Å². The second kappa shape index (κ2) is 7.83. The van der Waals surface area contributed by atoms with Gasteiger partial charge in [-0.15, -0.1) is 16.9 Å². The van der Waals surface area contributed by atoms with Gasteiger partial charge in [-0.2, -0.15) is 23.1 Å². The van der Waals surface area contributed by atoms with E-state index in [1.54, 1.807) is 37.3 Å². The molecule has 27 heavy (non-hydrogen) atoms. The normalized spacial score (nSPS) is 11.4. The summed E-state index contributed by atoms with van der Waals surface area (Å²) in [5, 5.41) is 11.0. The largest absolute Gasteiger partial charge is 0.398 e. The highest BCUT2D eigenvalue weighted by atomic mass is 32.2. The molecule has 0 saturated heterocycles. The molecule has 1 amide bonds. The Bertz CT molecular complexity index is 941. The van der Waals surface area contributed by atoms with E-state index in [-0.39, 0.29) is 5.69 Å². The Morgan fingerprint density at radius 3 is 2.44 bits per heavy atom. The number of amides is 1. The van der Waals surface area contributed by atoms with Gasteiger partial charge in [0.15, 0.2) is 5.69 Å². The highest BCUT2D eigenvalue weighted by Gasteiger charge is 2.28. The fourth-order valence-electron chi connectivity index (χ4n) is 2.30. The van der Waals surface area contributed by atoms with Crippen molar-refractivity contribution in [3.05, 3.63) is 66.0 Å². The third kappa shape index (κ3) is 4.88. The number of hydrogen-bond donors (Lipinski definition) is 1. The molecule has 0 aliphatic heterocycles. The summed E-state index contributed by atoms with van der Waals surface area (Å²) in [5.41, 5.74) is 1.51. The van der Waals surface area contributed by atoms with Gasteiger partial charge in [0, 0.05) is 4.90 Å². The van der Waals surface area contributed by atoms with Gasteiger partial charge in [0.1, 0.15) is 0 Å². The van der Waals surface area contributed by atoms with Crippen molar-refractivity contribution < 1.29 is 18.0 Å². The van der Waals surface area contributed by atoms with E-state index in [0.29, 0.717) is 33.7 Å². The molecule has 2 aromatic carbocycles. The molecule has 0 aliphatic carbocycles. The van der Waals surface area contributed by atoms with Crippen molar-refractivity contribution in [2.75, 3.05) is 11.1 Å². The van der Waals surface area contributed by atoms with Gasteiger partial charge < -0.3 is 5.32 Å². The molecule has 140 valence electrons. The van der Waals surface area contributed by atoms with E-state index in [0.717, 1.165) is 0 Å². The lowest BCUT2D eigenvalue weighted by Crippen LogP contribution is -2.15. The van der Waals surface area contributed by atoms with Crippen LogP contribution in [0, 0.1) is 6.92 Å². The summed E-state index contributed by atoms with van der Waals surface area (Å²) >= 11 is 0.616. The smallest absolute Gasteiger partial charge is 0.319 e. The van der Waals surface area contributed by atoms with Gasteiger partial charge >= 0.3 is 6.18 Å². The Balaban J connectivity index is 1.80. The maximum Gasteiger partial charge on any atom is 0.398 e. The van der Waals surface area contributed by atoms with Crippen LogP contribution in [0.5, 0.6) is 0 Å². The molecule has 0 spiro atoms. The minimum absolute atomic E-state index is 0.106. The lowest BCUT2D eigenvalue weighted by Gasteiger charge is -2.11. The van der Waals surface area contributed by atoms with E-state index in [1.165, 1.54) is 10.9 Å². The average molecular weight is 392 g/mol. The summed E-state index contributed by atoms with van der Waals surface area (Å²) in [4.78, 5) is 14.2. The predicted molar refractivity (Wildman–Crippen MR) is 97.3 cm³/mol. The number of carbonyl (C=O) groups excluding carboxylic acids is 1. The third-order valence-electron chi connectivity index (χ3n) is 3.51. The summed E-state index contributed by atoms with van der Waals surface area (Å²) < 4.78 is 37.5. The fourth-order valence-corrected chi connectivity index (χ4v) is 3.07. The standard InChI is InChI=1S/C18H15F3N4OS/c1-12-16(24-25(23-12)13-7-3-2-4-8-13)17(26)22-14-9-5-6-10-15(14)27-11-18(19,20)21/h2-10H,11H2,1H3,(H,22,26). The zero-order valence-electron chi connectivity index (χ0n) is 14.2. The van der Waals surface area contributed by atoms with Crippen molar-refractivity contribution in [2.45, 2.75) is 18.0 Å². The van der Waals surface area contributed by atoms with Crippen LogP contribution in [0.4, 0.5) is 18.9 Å². The van der Waals surface area contributed by atoms with Crippen LogP contribution in [0.2, 0.25) is 0 Å². The van der Waals surface area contributed by atoms with E-state index in [2.05, 4.69) is 15.5 Å². The Labute approximate surface area is 157 Å². The number of benzene rings is 2. The fraction of sp³-hybridized carbons (Fsp3) is 0.167. The number of alkyl halides is 3. The number of hydrogen-bond acceptors (Lipinski definition) is 4. The van der Waals surface area contributed by atoms with Gasteiger partial charge in [0.2, 0.25) is 0 Å². The lowest BCUT2D eigenvalue weighted by atomic mass is 10.3. The Kier molecular flexibility index (Phi) is 5.50. The van der Waals surface area contributed by atoms with Crippen LogP contribution in [-0.2, 0) is 0 Å². The number of anilines is 1. The SMILES string of the molecule is Cc1nn(-c2ccccc2)nc1C(=O)Nc1ccccc1SCC(F)(F)F. The molecule has 0 fully saturated rings. The highest BCUT2D eigenvalue weighted by Crippen LogP contribution is 2.32. The van der Waals surface area contributed by atoms with Crippen molar-refractivity contribution in [1.82, 2.24) is 15.0 Å². The van der Waals surface area contributed by atoms with Gasteiger partial charge in [0.25, 0.3) is 5.91 Å². The van der Waals surface area contributed by atoms with Gasteiger partial charge in [-0.25, -0.2) is 0 Å². The van der Waals surface area contributed by atoms with Crippen molar-refractivity contribution in [3.8, 4) is 5.69 Å². The van der Waals surface area contributed by atoms with Crippen LogP contribution in [0.3, 0.4) is 0 Å². The number of rotatable bonds is 5. The van der Waals surface area contributed by atoms with Crippen molar-refractivity contribution in [2.24, 2.45) is 0 Å². The minimum atomic E-state index is -4.29. The second-order valence-electron chi connectivity index (χ2n) is 5.61. The molecule has 1 N–H and O–H groups in total. The van der Waals surface area contributed by atoms with Crippen LogP contribution in [0.1, 0.15) is 16.2 Å². The molecule has 0 saturated carbocycles. The number of carbonyl (C=O) groups is 1. The quantitative estimate of drug-likeness (QED) is 0.651. The number of halogens is 3. The van der Waals surface area contributed by atoms with E-state index < -0.39 is 17.8 Å². The molecule has 0 aliphatic rings. The number of aromatic nitrogens is 3. The summed E-state index contributed by atoms with van der Waals surface area (Å²) in [5.74, 6) is -1.57. The number of para-hydroxylation sites is 2. The van der Waals surface area contributed by atoms with Crippen LogP contribution >= 0.6 is 11.8 Å². The van der Waals surface area contributed by atoms with Gasteiger partial charge in [0.05, 0.1) is 22.8 Å². The maximum atomic E-state index is 12.6. The summed E-state index contributed by atoms with van der Waals surface area (Å²) in [6, 6.07) is 15.4. The molecule has 0 bridgehead atoms. The Morgan fingerprint density at radius 2 is 1.74 bits per heavy atom. The first kappa shape index (κ1) is 19.0. The third-order valence-corrected chi connectivity index (χ3v) is 4.65. The number of nitrogens with one attached hydrogen (secondary N) is 1. The van der Waals surface area contributed by atoms with Crippen LogP contribution < -0.4 is 5.32 Å². The summed E-state index contributed by atoms with van der Waals surface area (Å²) in [6.07, 6.45) is -4.29. The first-order valence-electron chi connectivity index (χ1n) is 7.93. The molecule has 5 nitrogen and oxygen atoms in total. The van der Waals surface area contributed by atoms with Crippen molar-refractivity contribution >= 4 is 23.4 Å². The first-order chi connectivity index (χ1) is 12.8. The van der Waals surface area contributed by atoms with E-state index >= 15 is 0 Å². The lowest BCUT2D eigenvalue weighted by molar-refractivity contribution is -0.105. The molecule has 0 radical (unpaired) electrons. The number of nitrogens with zero attached hydrogens (tertiary/aromatic N) is 3. The summed E-state index contributed by atoms with van der Waals surface area (Å²) in [6.45, 7) is 1.64. The minimum Gasteiger partial charge on any atom is -0.319 e. The maximum absolute atomic E-state index is 12.6. The topological polar surface area (TPSA) is 59.8 Å². The van der Waals surface area contributed by atoms with Crippen molar-refractivity contribution in [3.63, 3.8) is 0 Å². The zero-order chi connectivity index (χ0) is 19.4. The molecule has 1 aromatic heterocycles. The monoisotopic (exact) mass is 392 g/mol. The number of thioether (sulfide) groups is 1. The van der Waals surface area contributed by atoms with Gasteiger partial charge in [-0.1, -0.05) is 30.3 Å². The van der Waals surface area contributed by atoms with E-state index in [4.69, 9.17) is 0 Å². The molecule has 1 heterocycles. The summed E-state index contributed by atoms with van der Waals surface area (Å²) in [7, 11) is 0. The molecular formula is C18H15F3N4OS. The highest BCUT2D eigenvalue weighted by molar-refractivity contribution is 7.99. The molecule has 3 aromatic rings. The average Bonchev–Trinajstić information content (AvgIpc) is 3.03. The van der Waals surface area contributed by atoms with Crippen LogP contribution in [-0.4, -0.2) is 32.8 Å². The molecule has 0 atom stereocenters. The molecule has 9 heteroatoms. The molecule has 0 unspecified atom stereocenters. The van der Waals surface area contributed by atoms with E-state index in [9.17, 15) is 18.0 Å². The predicted octanol–water partition coefficient (Wildman–Crippen LogP) is 4.48.